The van der Waals surface area contributed by atoms with E-state index in [2.05, 4.69) is 21.2 Å². The van der Waals surface area contributed by atoms with Crippen LogP contribution in [-0.4, -0.2) is 45.2 Å². The van der Waals surface area contributed by atoms with Gasteiger partial charge in [0.1, 0.15) is 10.9 Å². The molecule has 24 heavy (non-hydrogen) atoms. The molecule has 0 radical (unpaired) electrons. The molecule has 0 aromatic heterocycles. The summed E-state index contributed by atoms with van der Waals surface area (Å²) in [7, 11) is 0. The molecule has 2 rings (SSSR count). The molecule has 6 nitrogen and oxygen atoms in total. The highest BCUT2D eigenvalue weighted by molar-refractivity contribution is 9.10. The Kier molecular flexibility index (Phi) is 6.52. The number of halogens is 1. The zero-order valence-corrected chi connectivity index (χ0v) is 15.5. The molecule has 0 spiro atoms. The number of carboxylic acids is 1. The molecule has 0 bridgehead atoms. The summed E-state index contributed by atoms with van der Waals surface area (Å²) in [6.07, 6.45) is 1.54. The van der Waals surface area contributed by atoms with Gasteiger partial charge in [-0.1, -0.05) is 52.0 Å². The number of carbonyl (C=O) groups excluding carboxylic acids is 2. The second-order valence-corrected chi connectivity index (χ2v) is 7.41. The molecule has 1 aromatic rings. The number of rotatable bonds is 6. The lowest BCUT2D eigenvalue weighted by Crippen LogP contribution is -2.40. The van der Waals surface area contributed by atoms with Crippen LogP contribution >= 0.6 is 39.9 Å². The Hall–Kier alpha value is -1.71. The van der Waals surface area contributed by atoms with Crippen molar-refractivity contribution in [3.63, 3.8) is 0 Å². The first kappa shape index (κ1) is 18.6. The van der Waals surface area contributed by atoms with Gasteiger partial charge in [0.15, 0.2) is 0 Å². The number of thioether (sulfide) groups is 1. The molecule has 1 aliphatic rings. The van der Waals surface area contributed by atoms with E-state index >= 15 is 0 Å². The lowest BCUT2D eigenvalue weighted by Gasteiger charge is -2.13. The number of hydrogen-bond donors (Lipinski definition) is 2. The minimum Gasteiger partial charge on any atom is -0.481 e. The predicted octanol–water partition coefficient (Wildman–Crippen LogP) is 2.24. The molecule has 1 saturated heterocycles. The van der Waals surface area contributed by atoms with Gasteiger partial charge < -0.3 is 10.4 Å². The van der Waals surface area contributed by atoms with Crippen molar-refractivity contribution in [1.82, 2.24) is 10.2 Å². The molecule has 1 aromatic carbocycles. The van der Waals surface area contributed by atoms with Gasteiger partial charge >= 0.3 is 5.97 Å². The van der Waals surface area contributed by atoms with Crippen LogP contribution in [0.25, 0.3) is 6.08 Å². The summed E-state index contributed by atoms with van der Waals surface area (Å²) in [5, 5.41) is 11.0. The highest BCUT2D eigenvalue weighted by Gasteiger charge is 2.33. The third-order valence-electron chi connectivity index (χ3n) is 2.98. The third-order valence-corrected chi connectivity index (χ3v) is 4.85. The maximum absolute atomic E-state index is 12.4. The van der Waals surface area contributed by atoms with Gasteiger partial charge in [-0.15, -0.1) is 0 Å². The quantitative estimate of drug-likeness (QED) is 0.533. The van der Waals surface area contributed by atoms with E-state index in [-0.39, 0.29) is 25.4 Å². The molecule has 0 atom stereocenters. The minimum atomic E-state index is -1.00. The number of thiocarbonyl (C=S) groups is 1. The lowest BCUT2D eigenvalue weighted by molar-refractivity contribution is -0.137. The van der Waals surface area contributed by atoms with Crippen LogP contribution in [0.3, 0.4) is 0 Å². The monoisotopic (exact) mass is 428 g/mol. The van der Waals surface area contributed by atoms with Crippen LogP contribution < -0.4 is 5.32 Å². The van der Waals surface area contributed by atoms with Crippen LogP contribution in [0.1, 0.15) is 12.0 Å². The van der Waals surface area contributed by atoms with E-state index in [1.54, 1.807) is 6.08 Å². The molecule has 126 valence electrons. The van der Waals surface area contributed by atoms with Crippen molar-refractivity contribution in [1.29, 1.82) is 0 Å². The molecule has 0 aliphatic carbocycles. The van der Waals surface area contributed by atoms with E-state index < -0.39 is 11.9 Å². The van der Waals surface area contributed by atoms with Gasteiger partial charge in [0.05, 0.1) is 11.3 Å². The van der Waals surface area contributed by atoms with Gasteiger partial charge in [0, 0.05) is 11.0 Å². The van der Waals surface area contributed by atoms with E-state index in [0.29, 0.717) is 9.23 Å². The highest BCUT2D eigenvalue weighted by atomic mass is 79.9. The average Bonchev–Trinajstić information content (AvgIpc) is 2.74. The maximum atomic E-state index is 12.4. The highest BCUT2D eigenvalue weighted by Crippen LogP contribution is 2.32. The van der Waals surface area contributed by atoms with E-state index in [9.17, 15) is 14.4 Å². The fourth-order valence-corrected chi connectivity index (χ4v) is 3.56. The number of hydrogen-bond acceptors (Lipinski definition) is 5. The van der Waals surface area contributed by atoms with Crippen LogP contribution in [0.4, 0.5) is 0 Å². The maximum Gasteiger partial charge on any atom is 0.305 e. The van der Waals surface area contributed by atoms with Crippen molar-refractivity contribution >= 4 is 68.1 Å². The van der Waals surface area contributed by atoms with E-state index in [1.165, 1.54) is 4.90 Å². The van der Waals surface area contributed by atoms with Crippen molar-refractivity contribution in [2.75, 3.05) is 13.1 Å². The molecular formula is C15H13BrN2O4S2. The van der Waals surface area contributed by atoms with Crippen LogP contribution in [0, 0.1) is 0 Å². The molecule has 0 saturated carbocycles. The summed E-state index contributed by atoms with van der Waals surface area (Å²) >= 11 is 9.65. The Balaban J connectivity index is 2.01. The van der Waals surface area contributed by atoms with Gasteiger partial charge in [-0.2, -0.15) is 0 Å². The second kappa shape index (κ2) is 8.41. The first-order valence-electron chi connectivity index (χ1n) is 6.86. The van der Waals surface area contributed by atoms with Crippen molar-refractivity contribution in [3.05, 3.63) is 39.2 Å². The average molecular weight is 429 g/mol. The Morgan fingerprint density at radius 3 is 2.83 bits per heavy atom. The molecule has 1 heterocycles. The number of benzene rings is 1. The number of nitrogens with zero attached hydrogens (tertiary/aromatic N) is 1. The van der Waals surface area contributed by atoms with Crippen molar-refractivity contribution < 1.29 is 19.5 Å². The van der Waals surface area contributed by atoms with Crippen LogP contribution in [-0.2, 0) is 14.4 Å². The number of carbonyl (C=O) groups is 3. The summed E-state index contributed by atoms with van der Waals surface area (Å²) in [6, 6.07) is 7.46. The Morgan fingerprint density at radius 1 is 1.42 bits per heavy atom. The van der Waals surface area contributed by atoms with E-state index in [1.807, 2.05) is 24.3 Å². The Labute approximate surface area is 156 Å². The fourth-order valence-electron chi connectivity index (χ4n) is 1.89. The number of aliphatic carboxylic acids is 1. The predicted molar refractivity (Wildman–Crippen MR) is 99.3 cm³/mol. The summed E-state index contributed by atoms with van der Waals surface area (Å²) in [6.45, 7) is -0.211. The molecule has 2 N–H and O–H groups in total. The molecule has 0 unspecified atom stereocenters. The van der Waals surface area contributed by atoms with Gasteiger partial charge in [0.2, 0.25) is 5.91 Å². The summed E-state index contributed by atoms with van der Waals surface area (Å²) in [5.74, 6) is -1.78. The smallest absolute Gasteiger partial charge is 0.305 e. The van der Waals surface area contributed by atoms with Crippen LogP contribution in [0.5, 0.6) is 0 Å². The van der Waals surface area contributed by atoms with E-state index in [4.69, 9.17) is 17.3 Å². The van der Waals surface area contributed by atoms with Crippen LogP contribution in [0.2, 0.25) is 0 Å². The summed E-state index contributed by atoms with van der Waals surface area (Å²) in [5.41, 5.74) is 0.843. The number of amides is 2. The molecule has 9 heteroatoms. The summed E-state index contributed by atoms with van der Waals surface area (Å²) in [4.78, 5) is 36.2. The molecule has 1 fully saturated rings. The van der Waals surface area contributed by atoms with Gasteiger partial charge in [-0.05, 0) is 23.8 Å². The van der Waals surface area contributed by atoms with Gasteiger partial charge in [0.25, 0.3) is 5.91 Å². The normalized spacial score (nSPS) is 15.9. The Morgan fingerprint density at radius 2 is 2.17 bits per heavy atom. The largest absolute Gasteiger partial charge is 0.481 e. The fraction of sp³-hybridized carbons (Fsp3) is 0.200. The first-order valence-corrected chi connectivity index (χ1v) is 8.88. The second-order valence-electron chi connectivity index (χ2n) is 4.82. The van der Waals surface area contributed by atoms with Crippen molar-refractivity contribution in [2.24, 2.45) is 0 Å². The molecule has 2 amide bonds. The molecule has 1 aliphatic heterocycles. The number of nitrogens with one attached hydrogen (secondary N) is 1. The SMILES string of the molecule is O=C(O)CCNC(=O)CN1C(=O)/C(=C/c2cccc(Br)c2)SC1=S. The lowest BCUT2D eigenvalue weighted by atomic mass is 10.2. The third kappa shape index (κ3) is 5.15. The topological polar surface area (TPSA) is 86.7 Å². The standard InChI is InChI=1S/C15H13BrN2O4S2/c16-10-3-1-2-9(6-10)7-11-14(22)18(15(23)24-11)8-12(19)17-5-4-13(20)21/h1-3,6-7H,4-5,8H2,(H,17,19)(H,20,21)/b11-7-. The minimum absolute atomic E-state index is 0.0108. The Bertz CT molecular complexity index is 736. The van der Waals surface area contributed by atoms with Crippen molar-refractivity contribution in [2.45, 2.75) is 6.42 Å². The van der Waals surface area contributed by atoms with Gasteiger partial charge in [-0.3, -0.25) is 19.3 Å². The van der Waals surface area contributed by atoms with Gasteiger partial charge in [-0.25, -0.2) is 0 Å². The summed E-state index contributed by atoms with van der Waals surface area (Å²) < 4.78 is 1.19. The van der Waals surface area contributed by atoms with E-state index in [0.717, 1.165) is 21.8 Å². The zero-order valence-electron chi connectivity index (χ0n) is 12.3. The zero-order chi connectivity index (χ0) is 17.7. The number of carboxylic acid groups (broad SMARTS) is 1. The first-order chi connectivity index (χ1) is 11.4. The van der Waals surface area contributed by atoms with Crippen molar-refractivity contribution in [3.8, 4) is 0 Å². The van der Waals surface area contributed by atoms with Crippen LogP contribution in [0.15, 0.2) is 33.6 Å². The molecular weight excluding hydrogens is 416 g/mol.